The number of ether oxygens (including phenoxy) is 2. The predicted octanol–water partition coefficient (Wildman–Crippen LogP) is 1.77. The predicted molar refractivity (Wildman–Crippen MR) is 66.6 cm³/mol. The van der Waals surface area contributed by atoms with E-state index < -0.39 is 0 Å². The molecule has 0 aliphatic heterocycles. The van der Waals surface area contributed by atoms with Crippen LogP contribution in [-0.2, 0) is 11.2 Å². The van der Waals surface area contributed by atoms with Crippen LogP contribution in [0, 0.1) is 0 Å². The van der Waals surface area contributed by atoms with Crippen molar-refractivity contribution in [2.75, 3.05) is 20.3 Å². The number of benzene rings is 1. The fourth-order valence-electron chi connectivity index (χ4n) is 1.58. The first kappa shape index (κ1) is 13.4. The van der Waals surface area contributed by atoms with Crippen molar-refractivity contribution < 1.29 is 14.3 Å². The van der Waals surface area contributed by atoms with Gasteiger partial charge in [0.1, 0.15) is 11.5 Å². The van der Waals surface area contributed by atoms with Crippen LogP contribution in [0.3, 0.4) is 0 Å². The molecule has 0 fully saturated rings. The Morgan fingerprint density at radius 2 is 2.18 bits per heavy atom. The summed E-state index contributed by atoms with van der Waals surface area (Å²) in [4.78, 5) is 10.8. The van der Waals surface area contributed by atoms with Gasteiger partial charge in [-0.3, -0.25) is 4.79 Å². The third kappa shape index (κ3) is 4.34. The van der Waals surface area contributed by atoms with E-state index in [-0.39, 0.29) is 5.91 Å². The van der Waals surface area contributed by atoms with Crippen molar-refractivity contribution in [1.29, 1.82) is 0 Å². The van der Waals surface area contributed by atoms with Gasteiger partial charge < -0.3 is 14.8 Å². The van der Waals surface area contributed by atoms with Gasteiger partial charge in [-0.1, -0.05) is 0 Å². The van der Waals surface area contributed by atoms with Gasteiger partial charge in [0.05, 0.1) is 13.7 Å². The van der Waals surface area contributed by atoms with Crippen LogP contribution >= 0.6 is 0 Å². The highest BCUT2D eigenvalue weighted by atomic mass is 16.5. The Balaban J connectivity index is 2.71. The van der Waals surface area contributed by atoms with Crippen LogP contribution < -0.4 is 14.8 Å². The lowest BCUT2D eigenvalue weighted by atomic mass is 10.1. The third-order valence-corrected chi connectivity index (χ3v) is 2.33. The summed E-state index contributed by atoms with van der Waals surface area (Å²) in [5.74, 6) is 1.62. The van der Waals surface area contributed by atoms with Crippen molar-refractivity contribution in [2.24, 2.45) is 0 Å². The number of amides is 1. The van der Waals surface area contributed by atoms with E-state index in [2.05, 4.69) is 5.32 Å². The lowest BCUT2D eigenvalue weighted by Gasteiger charge is -2.11. The molecule has 4 nitrogen and oxygen atoms in total. The fourth-order valence-corrected chi connectivity index (χ4v) is 1.58. The average Bonchev–Trinajstić information content (AvgIpc) is 2.29. The van der Waals surface area contributed by atoms with Crippen LogP contribution in [0.2, 0.25) is 0 Å². The maximum atomic E-state index is 10.8. The summed E-state index contributed by atoms with van der Waals surface area (Å²) in [7, 11) is 1.64. The van der Waals surface area contributed by atoms with Crippen LogP contribution in [0.1, 0.15) is 19.4 Å². The van der Waals surface area contributed by atoms with E-state index in [1.165, 1.54) is 6.92 Å². The van der Waals surface area contributed by atoms with Gasteiger partial charge in [-0.05, 0) is 37.1 Å². The Morgan fingerprint density at radius 1 is 1.41 bits per heavy atom. The molecule has 1 amide bonds. The molecule has 0 unspecified atom stereocenters. The lowest BCUT2D eigenvalue weighted by Crippen LogP contribution is -2.22. The summed E-state index contributed by atoms with van der Waals surface area (Å²) in [6.07, 6.45) is 0.726. The van der Waals surface area contributed by atoms with E-state index in [1.807, 2.05) is 25.1 Å². The Bertz CT molecular complexity index is 377. The minimum absolute atomic E-state index is 0.0232. The minimum atomic E-state index is -0.0232. The highest BCUT2D eigenvalue weighted by molar-refractivity contribution is 5.72. The standard InChI is InChI=1S/C13H19NO3/c1-4-17-12-5-6-13(16-3)11(9-12)7-8-14-10(2)15/h5-6,9H,4,7-8H2,1-3H3,(H,14,15). The molecule has 17 heavy (non-hydrogen) atoms. The van der Waals surface area contributed by atoms with E-state index in [1.54, 1.807) is 7.11 Å². The molecule has 0 atom stereocenters. The molecule has 0 spiro atoms. The zero-order chi connectivity index (χ0) is 12.7. The van der Waals surface area contributed by atoms with Gasteiger partial charge in [-0.15, -0.1) is 0 Å². The van der Waals surface area contributed by atoms with Crippen molar-refractivity contribution in [3.63, 3.8) is 0 Å². The number of rotatable bonds is 6. The Hall–Kier alpha value is -1.71. The summed E-state index contributed by atoms with van der Waals surface area (Å²) >= 11 is 0. The molecule has 94 valence electrons. The van der Waals surface area contributed by atoms with Gasteiger partial charge in [0.2, 0.25) is 5.91 Å². The summed E-state index contributed by atoms with van der Waals surface area (Å²) in [5.41, 5.74) is 1.03. The zero-order valence-corrected chi connectivity index (χ0v) is 10.6. The van der Waals surface area contributed by atoms with E-state index >= 15 is 0 Å². The van der Waals surface area contributed by atoms with E-state index in [0.717, 1.165) is 23.5 Å². The van der Waals surface area contributed by atoms with Gasteiger partial charge in [0, 0.05) is 13.5 Å². The molecule has 1 aromatic rings. The van der Waals surface area contributed by atoms with Crippen molar-refractivity contribution >= 4 is 5.91 Å². The third-order valence-electron chi connectivity index (χ3n) is 2.33. The average molecular weight is 237 g/mol. The number of carbonyl (C=O) groups is 1. The maximum Gasteiger partial charge on any atom is 0.216 e. The Morgan fingerprint density at radius 3 is 2.76 bits per heavy atom. The smallest absolute Gasteiger partial charge is 0.216 e. The molecule has 0 aliphatic carbocycles. The molecule has 4 heteroatoms. The minimum Gasteiger partial charge on any atom is -0.496 e. The second kappa shape index (κ2) is 6.78. The number of nitrogens with one attached hydrogen (secondary N) is 1. The molecule has 1 N–H and O–H groups in total. The monoisotopic (exact) mass is 237 g/mol. The molecule has 1 aromatic carbocycles. The van der Waals surface area contributed by atoms with Crippen molar-refractivity contribution in [2.45, 2.75) is 20.3 Å². The van der Waals surface area contributed by atoms with Gasteiger partial charge in [0.25, 0.3) is 0 Å². The van der Waals surface area contributed by atoms with Crippen LogP contribution in [0.5, 0.6) is 11.5 Å². The van der Waals surface area contributed by atoms with Crippen molar-refractivity contribution in [3.05, 3.63) is 23.8 Å². The van der Waals surface area contributed by atoms with Crippen molar-refractivity contribution in [3.8, 4) is 11.5 Å². The van der Waals surface area contributed by atoms with Gasteiger partial charge in [-0.2, -0.15) is 0 Å². The summed E-state index contributed by atoms with van der Waals surface area (Å²) in [5, 5.41) is 2.76. The molecule has 1 rings (SSSR count). The number of hydrogen-bond donors (Lipinski definition) is 1. The van der Waals surface area contributed by atoms with Crippen LogP contribution in [0.25, 0.3) is 0 Å². The fraction of sp³-hybridized carbons (Fsp3) is 0.462. The molecule has 0 saturated carbocycles. The molecule has 0 heterocycles. The molecule has 0 aliphatic rings. The molecular weight excluding hydrogens is 218 g/mol. The number of hydrogen-bond acceptors (Lipinski definition) is 3. The molecule has 0 radical (unpaired) electrons. The molecule has 0 bridgehead atoms. The normalized spacial score (nSPS) is 9.82. The number of methoxy groups -OCH3 is 1. The summed E-state index contributed by atoms with van der Waals surface area (Å²) < 4.78 is 10.7. The Labute approximate surface area is 102 Å². The van der Waals surface area contributed by atoms with Gasteiger partial charge in [-0.25, -0.2) is 0 Å². The zero-order valence-electron chi connectivity index (χ0n) is 10.6. The second-order valence-corrected chi connectivity index (χ2v) is 3.64. The van der Waals surface area contributed by atoms with Crippen LogP contribution in [0.4, 0.5) is 0 Å². The van der Waals surface area contributed by atoms with Gasteiger partial charge >= 0.3 is 0 Å². The molecular formula is C13H19NO3. The maximum absolute atomic E-state index is 10.8. The quantitative estimate of drug-likeness (QED) is 0.820. The summed E-state index contributed by atoms with van der Waals surface area (Å²) in [6.45, 7) is 4.69. The SMILES string of the molecule is CCOc1ccc(OC)c(CCNC(C)=O)c1. The first-order valence-electron chi connectivity index (χ1n) is 5.71. The first-order chi connectivity index (χ1) is 8.17. The second-order valence-electron chi connectivity index (χ2n) is 3.64. The highest BCUT2D eigenvalue weighted by Crippen LogP contribution is 2.24. The van der Waals surface area contributed by atoms with Crippen LogP contribution in [-0.4, -0.2) is 26.2 Å². The number of carbonyl (C=O) groups excluding carboxylic acids is 1. The lowest BCUT2D eigenvalue weighted by molar-refractivity contribution is -0.118. The van der Waals surface area contributed by atoms with Crippen molar-refractivity contribution in [1.82, 2.24) is 5.32 Å². The van der Waals surface area contributed by atoms with E-state index in [9.17, 15) is 4.79 Å². The first-order valence-corrected chi connectivity index (χ1v) is 5.71. The summed E-state index contributed by atoms with van der Waals surface area (Å²) in [6, 6.07) is 5.71. The molecule has 0 aromatic heterocycles. The van der Waals surface area contributed by atoms with Crippen LogP contribution in [0.15, 0.2) is 18.2 Å². The van der Waals surface area contributed by atoms with Gasteiger partial charge in [0.15, 0.2) is 0 Å². The molecule has 0 saturated heterocycles. The Kier molecular flexibility index (Phi) is 5.33. The highest BCUT2D eigenvalue weighted by Gasteiger charge is 2.05. The topological polar surface area (TPSA) is 47.6 Å². The largest absolute Gasteiger partial charge is 0.496 e. The van der Waals surface area contributed by atoms with E-state index in [0.29, 0.717) is 13.2 Å². The van der Waals surface area contributed by atoms with E-state index in [4.69, 9.17) is 9.47 Å².